The van der Waals surface area contributed by atoms with Gasteiger partial charge in [0.05, 0.1) is 29.1 Å². The van der Waals surface area contributed by atoms with Crippen molar-refractivity contribution >= 4 is 27.5 Å². The molecule has 8 aromatic rings. The van der Waals surface area contributed by atoms with Crippen LogP contribution in [0, 0.1) is 5.82 Å². The Morgan fingerprint density at radius 1 is 0.679 bits per heavy atom. The Balaban J connectivity index is 1.07. The Morgan fingerprint density at radius 3 is 2.00 bits per heavy atom. The van der Waals surface area contributed by atoms with Crippen molar-refractivity contribution in [1.82, 2.24) is 39.8 Å². The fraction of sp³-hybridized carbons (Fsp3) is 0.143. The summed E-state index contributed by atoms with van der Waals surface area (Å²) in [5.74, 6) is 1.15. The number of fused-ring (bicyclic) bond motifs is 1. The molecular formula is C42H36FN9S. The zero-order valence-electron chi connectivity index (χ0n) is 28.8. The van der Waals surface area contributed by atoms with E-state index in [2.05, 4.69) is 126 Å². The number of rotatable bonds is 14. The summed E-state index contributed by atoms with van der Waals surface area (Å²) in [4.78, 5) is 28.0. The van der Waals surface area contributed by atoms with E-state index in [0.29, 0.717) is 43.0 Å². The lowest BCUT2D eigenvalue weighted by molar-refractivity contribution is 0.492. The second kappa shape index (κ2) is 15.6. The Labute approximate surface area is 310 Å². The van der Waals surface area contributed by atoms with Gasteiger partial charge in [-0.2, -0.15) is 0 Å². The lowest BCUT2D eigenvalue weighted by Gasteiger charge is -2.40. The Bertz CT molecular complexity index is 2310. The number of benzene rings is 3. The molecule has 5 aromatic heterocycles. The van der Waals surface area contributed by atoms with Gasteiger partial charge < -0.3 is 15.2 Å². The van der Waals surface area contributed by atoms with Crippen LogP contribution in [0.2, 0.25) is 0 Å². The first-order valence-corrected chi connectivity index (χ1v) is 18.3. The smallest absolute Gasteiger partial charge is 0.157 e. The van der Waals surface area contributed by atoms with Crippen molar-refractivity contribution < 1.29 is 4.39 Å². The number of aromatic nitrogens is 7. The molecule has 2 N–H and O–H groups in total. The maximum absolute atomic E-state index is 14.2. The summed E-state index contributed by atoms with van der Waals surface area (Å²) >= 11 is 1.54. The molecule has 0 radical (unpaired) electrons. The molecular weight excluding hydrogens is 682 g/mol. The molecule has 0 amide bonds. The number of hydrogen-bond acceptors (Lipinski definition) is 9. The molecule has 0 aliphatic heterocycles. The van der Waals surface area contributed by atoms with Crippen LogP contribution in [0.3, 0.4) is 0 Å². The molecule has 5 heterocycles. The topological polar surface area (TPSA) is 106 Å². The first kappa shape index (κ1) is 33.9. The molecule has 0 bridgehead atoms. The third-order valence-electron chi connectivity index (χ3n) is 9.26. The van der Waals surface area contributed by atoms with E-state index in [0.717, 1.165) is 43.6 Å². The lowest BCUT2D eigenvalue weighted by Crippen LogP contribution is -2.40. The van der Waals surface area contributed by atoms with Gasteiger partial charge in [0.25, 0.3) is 0 Å². The van der Waals surface area contributed by atoms with Gasteiger partial charge in [0.1, 0.15) is 33.9 Å². The van der Waals surface area contributed by atoms with Gasteiger partial charge in [-0.05, 0) is 41.0 Å². The molecule has 53 heavy (non-hydrogen) atoms. The van der Waals surface area contributed by atoms with Gasteiger partial charge in [-0.1, -0.05) is 102 Å². The second-order valence-electron chi connectivity index (χ2n) is 12.5. The minimum absolute atomic E-state index is 0.200. The van der Waals surface area contributed by atoms with Gasteiger partial charge >= 0.3 is 0 Å². The number of nitrogens with one attached hydrogen (secondary N) is 2. The molecule has 0 aliphatic carbocycles. The van der Waals surface area contributed by atoms with Crippen LogP contribution in [0.1, 0.15) is 33.2 Å². The van der Waals surface area contributed by atoms with E-state index in [9.17, 15) is 4.39 Å². The van der Waals surface area contributed by atoms with Crippen LogP contribution < -0.4 is 10.6 Å². The molecule has 0 unspecified atom stereocenters. The monoisotopic (exact) mass is 717 g/mol. The molecule has 0 atom stereocenters. The van der Waals surface area contributed by atoms with Crippen LogP contribution in [0.5, 0.6) is 0 Å². The van der Waals surface area contributed by atoms with Crippen LogP contribution in [-0.2, 0) is 24.9 Å². The van der Waals surface area contributed by atoms with E-state index in [1.54, 1.807) is 12.3 Å². The number of imidazole rings is 1. The van der Waals surface area contributed by atoms with E-state index >= 15 is 0 Å². The van der Waals surface area contributed by atoms with Crippen molar-refractivity contribution in [2.45, 2.75) is 24.9 Å². The van der Waals surface area contributed by atoms with Gasteiger partial charge in [-0.3, -0.25) is 9.97 Å². The second-order valence-corrected chi connectivity index (χ2v) is 13.5. The normalized spacial score (nSPS) is 11.6. The fourth-order valence-electron chi connectivity index (χ4n) is 6.86. The Kier molecular flexibility index (Phi) is 9.99. The number of nitrogens with zero attached hydrogens (tertiary/aromatic N) is 7. The molecule has 8 rings (SSSR count). The predicted molar refractivity (Wildman–Crippen MR) is 207 cm³/mol. The highest BCUT2D eigenvalue weighted by Gasteiger charge is 2.41. The van der Waals surface area contributed by atoms with E-state index in [1.165, 1.54) is 23.7 Å². The highest BCUT2D eigenvalue weighted by molar-refractivity contribution is 7.18. The van der Waals surface area contributed by atoms with Gasteiger partial charge in [0, 0.05) is 50.1 Å². The van der Waals surface area contributed by atoms with E-state index in [-0.39, 0.29) is 12.4 Å². The molecule has 0 saturated heterocycles. The SMILES string of the molecule is Fc1cccnc1CNc1ncnc2sc(CCNCCc3ncc(-c4ccncc4)n3C(c3ccccc3)(c3ccccc3)c3ccccc3)nc12. The lowest BCUT2D eigenvalue weighted by atomic mass is 9.76. The maximum atomic E-state index is 14.2. The summed E-state index contributed by atoms with van der Waals surface area (Å²) < 4.78 is 16.6. The molecule has 3 aromatic carbocycles. The number of halogens is 1. The molecule has 262 valence electrons. The number of pyridine rings is 2. The summed E-state index contributed by atoms with van der Waals surface area (Å²) in [6.07, 6.45) is 10.1. The third-order valence-corrected chi connectivity index (χ3v) is 10.3. The van der Waals surface area contributed by atoms with Gasteiger partial charge in [-0.15, -0.1) is 0 Å². The van der Waals surface area contributed by atoms with Crippen molar-refractivity contribution in [3.63, 3.8) is 0 Å². The molecule has 0 spiro atoms. The van der Waals surface area contributed by atoms with Crippen LogP contribution in [0.15, 0.2) is 146 Å². The van der Waals surface area contributed by atoms with Crippen LogP contribution >= 0.6 is 11.3 Å². The van der Waals surface area contributed by atoms with Crippen molar-refractivity contribution in [2.24, 2.45) is 0 Å². The maximum Gasteiger partial charge on any atom is 0.157 e. The highest BCUT2D eigenvalue weighted by atomic mass is 32.1. The number of hydrogen-bond donors (Lipinski definition) is 2. The fourth-order valence-corrected chi connectivity index (χ4v) is 7.77. The number of anilines is 1. The Hall–Kier alpha value is -6.17. The van der Waals surface area contributed by atoms with Crippen molar-refractivity contribution in [1.29, 1.82) is 0 Å². The van der Waals surface area contributed by atoms with Crippen molar-refractivity contribution in [3.05, 3.63) is 185 Å². The summed E-state index contributed by atoms with van der Waals surface area (Å²) in [6, 6.07) is 39.1. The molecule has 0 fully saturated rings. The molecule has 0 aliphatic rings. The zero-order valence-corrected chi connectivity index (χ0v) is 29.6. The van der Waals surface area contributed by atoms with Crippen molar-refractivity contribution in [2.75, 3.05) is 18.4 Å². The van der Waals surface area contributed by atoms with Gasteiger partial charge in [0.2, 0.25) is 0 Å². The Morgan fingerprint density at radius 2 is 1.34 bits per heavy atom. The zero-order chi connectivity index (χ0) is 35.9. The van der Waals surface area contributed by atoms with Crippen LogP contribution in [0.25, 0.3) is 21.6 Å². The standard InChI is InChI=1S/C42H36FN9S/c43-34-17-10-22-46-35(34)27-48-40-39-41(50-29-49-40)53-38(51-39)21-26-45-25-20-37-47-28-36(30-18-23-44-24-19-30)52(37)42(31-11-4-1-5-12-31,32-13-6-2-7-14-32)33-15-8-3-9-16-33/h1-19,22-24,28-29,45H,20-21,25-27H2,(H,48,49,50). The summed E-state index contributed by atoms with van der Waals surface area (Å²) in [5.41, 5.74) is 5.73. The quantitative estimate of drug-likeness (QED) is 0.0871. The van der Waals surface area contributed by atoms with Gasteiger partial charge in [0.15, 0.2) is 5.82 Å². The summed E-state index contributed by atoms with van der Waals surface area (Å²) in [5, 5.41) is 7.77. The van der Waals surface area contributed by atoms with Crippen LogP contribution in [0.4, 0.5) is 10.2 Å². The number of thiazole rings is 1. The van der Waals surface area contributed by atoms with Gasteiger partial charge in [-0.25, -0.2) is 24.3 Å². The highest BCUT2D eigenvalue weighted by Crippen LogP contribution is 2.44. The summed E-state index contributed by atoms with van der Waals surface area (Å²) in [7, 11) is 0. The third kappa shape index (κ3) is 6.92. The summed E-state index contributed by atoms with van der Waals surface area (Å²) in [6.45, 7) is 1.62. The predicted octanol–water partition coefficient (Wildman–Crippen LogP) is 7.71. The van der Waals surface area contributed by atoms with E-state index < -0.39 is 5.54 Å². The van der Waals surface area contributed by atoms with Crippen LogP contribution in [-0.4, -0.2) is 47.6 Å². The minimum atomic E-state index is -0.718. The first-order chi connectivity index (χ1) is 26.2. The average molecular weight is 718 g/mol. The molecule has 0 saturated carbocycles. The first-order valence-electron chi connectivity index (χ1n) is 17.5. The average Bonchev–Trinajstić information content (AvgIpc) is 3.84. The van der Waals surface area contributed by atoms with E-state index in [4.69, 9.17) is 9.97 Å². The molecule has 9 nitrogen and oxygen atoms in total. The van der Waals surface area contributed by atoms with E-state index in [1.807, 2.05) is 30.7 Å². The largest absolute Gasteiger partial charge is 0.362 e. The van der Waals surface area contributed by atoms with Crippen molar-refractivity contribution in [3.8, 4) is 11.3 Å². The minimum Gasteiger partial charge on any atom is -0.362 e. The molecule has 11 heteroatoms.